The number of fused-ring (bicyclic) bond motifs is 1. The summed E-state index contributed by atoms with van der Waals surface area (Å²) in [5.74, 6) is 0.616. The van der Waals surface area contributed by atoms with Gasteiger partial charge in [0.1, 0.15) is 5.75 Å². The summed E-state index contributed by atoms with van der Waals surface area (Å²) in [4.78, 5) is 11.3. The maximum Gasteiger partial charge on any atom is 0.262 e. The molecule has 5 heteroatoms. The number of benzene rings is 2. The molecule has 4 nitrogen and oxygen atoms in total. The molecule has 21 heavy (non-hydrogen) atoms. The highest BCUT2D eigenvalue weighted by molar-refractivity contribution is 9.10. The first-order chi connectivity index (χ1) is 10.2. The molecule has 0 bridgehead atoms. The lowest BCUT2D eigenvalue weighted by Crippen LogP contribution is -2.25. The molecule has 2 aromatic carbocycles. The van der Waals surface area contributed by atoms with Crippen molar-refractivity contribution in [2.45, 2.75) is 13.1 Å². The number of halogens is 1. The van der Waals surface area contributed by atoms with Gasteiger partial charge in [0.25, 0.3) is 5.91 Å². The van der Waals surface area contributed by atoms with Gasteiger partial charge in [0, 0.05) is 17.6 Å². The third-order valence-electron chi connectivity index (χ3n) is 3.28. The van der Waals surface area contributed by atoms with Crippen LogP contribution in [0.15, 0.2) is 46.9 Å². The number of ether oxygens (including phenoxy) is 1. The number of hydrogen-bond acceptors (Lipinski definition) is 3. The van der Waals surface area contributed by atoms with Crippen LogP contribution in [0.1, 0.15) is 11.1 Å². The van der Waals surface area contributed by atoms with Crippen molar-refractivity contribution >= 4 is 27.5 Å². The summed E-state index contributed by atoms with van der Waals surface area (Å²) in [5.41, 5.74) is 3.06. The Morgan fingerprint density at radius 2 is 2.05 bits per heavy atom. The molecule has 0 aliphatic carbocycles. The summed E-state index contributed by atoms with van der Waals surface area (Å²) >= 11 is 3.53. The van der Waals surface area contributed by atoms with E-state index in [0.717, 1.165) is 34.6 Å². The maximum atomic E-state index is 11.3. The zero-order valence-corrected chi connectivity index (χ0v) is 12.9. The average Bonchev–Trinajstić information content (AvgIpc) is 2.49. The van der Waals surface area contributed by atoms with Crippen LogP contribution >= 0.6 is 15.9 Å². The first kappa shape index (κ1) is 14.1. The minimum Gasteiger partial charge on any atom is -0.482 e. The van der Waals surface area contributed by atoms with Crippen molar-refractivity contribution in [1.29, 1.82) is 0 Å². The molecule has 0 aromatic heterocycles. The maximum absolute atomic E-state index is 11.3. The Morgan fingerprint density at radius 3 is 2.90 bits per heavy atom. The molecule has 2 N–H and O–H groups in total. The van der Waals surface area contributed by atoms with Crippen molar-refractivity contribution in [3.63, 3.8) is 0 Å². The lowest BCUT2D eigenvalue weighted by Gasteiger charge is -2.18. The van der Waals surface area contributed by atoms with Crippen LogP contribution in [0.4, 0.5) is 5.69 Å². The van der Waals surface area contributed by atoms with Crippen molar-refractivity contribution in [2.24, 2.45) is 0 Å². The SMILES string of the molecule is O=C1COc2ccc(CNCc3ccccc3Br)cc2N1. The zero-order chi connectivity index (χ0) is 14.7. The lowest BCUT2D eigenvalue weighted by atomic mass is 10.1. The Hall–Kier alpha value is -1.85. The second kappa shape index (κ2) is 6.28. The zero-order valence-electron chi connectivity index (χ0n) is 11.4. The van der Waals surface area contributed by atoms with Crippen LogP contribution in [0.2, 0.25) is 0 Å². The molecule has 0 atom stereocenters. The van der Waals surface area contributed by atoms with Crippen LogP contribution in [0.5, 0.6) is 5.75 Å². The molecule has 1 aliphatic heterocycles. The van der Waals surface area contributed by atoms with E-state index >= 15 is 0 Å². The molecule has 0 radical (unpaired) electrons. The largest absolute Gasteiger partial charge is 0.482 e. The highest BCUT2D eigenvalue weighted by Gasteiger charge is 2.15. The van der Waals surface area contributed by atoms with Gasteiger partial charge in [-0.05, 0) is 29.3 Å². The molecular formula is C16H15BrN2O2. The van der Waals surface area contributed by atoms with Gasteiger partial charge in [-0.3, -0.25) is 4.79 Å². The number of amides is 1. The Labute approximate surface area is 131 Å². The van der Waals surface area contributed by atoms with Crippen molar-refractivity contribution in [3.05, 3.63) is 58.1 Å². The molecule has 1 heterocycles. The Kier molecular flexibility index (Phi) is 4.22. The summed E-state index contributed by atoms with van der Waals surface area (Å²) < 4.78 is 6.44. The minimum absolute atomic E-state index is 0.0899. The quantitative estimate of drug-likeness (QED) is 0.894. The van der Waals surface area contributed by atoms with E-state index in [1.54, 1.807) is 0 Å². The van der Waals surface area contributed by atoms with E-state index < -0.39 is 0 Å². The fraction of sp³-hybridized carbons (Fsp3) is 0.188. The number of carbonyl (C=O) groups excluding carboxylic acids is 1. The molecule has 2 aromatic rings. The molecular weight excluding hydrogens is 332 g/mol. The van der Waals surface area contributed by atoms with Crippen molar-refractivity contribution in [2.75, 3.05) is 11.9 Å². The third-order valence-corrected chi connectivity index (χ3v) is 4.05. The van der Waals surface area contributed by atoms with Gasteiger partial charge < -0.3 is 15.4 Å². The van der Waals surface area contributed by atoms with Gasteiger partial charge in [0.2, 0.25) is 0 Å². The Morgan fingerprint density at radius 1 is 1.19 bits per heavy atom. The Bertz CT molecular complexity index is 673. The highest BCUT2D eigenvalue weighted by atomic mass is 79.9. The number of anilines is 1. The smallest absolute Gasteiger partial charge is 0.262 e. The minimum atomic E-state index is -0.110. The monoisotopic (exact) mass is 346 g/mol. The molecule has 1 aliphatic rings. The first-order valence-electron chi connectivity index (χ1n) is 6.72. The van der Waals surface area contributed by atoms with E-state index in [0.29, 0.717) is 0 Å². The second-order valence-corrected chi connectivity index (χ2v) is 5.72. The summed E-state index contributed by atoms with van der Waals surface area (Å²) in [6.07, 6.45) is 0. The molecule has 108 valence electrons. The van der Waals surface area contributed by atoms with Crippen LogP contribution < -0.4 is 15.4 Å². The standard InChI is InChI=1S/C16H15BrN2O2/c17-13-4-2-1-3-12(13)9-18-8-11-5-6-15-14(7-11)19-16(20)10-21-15/h1-7,18H,8-10H2,(H,19,20). The van der Waals surface area contributed by atoms with Crippen LogP contribution in [0.25, 0.3) is 0 Å². The first-order valence-corrected chi connectivity index (χ1v) is 7.51. The molecule has 0 fully saturated rings. The van der Waals surface area contributed by atoms with Crippen molar-refractivity contribution < 1.29 is 9.53 Å². The average molecular weight is 347 g/mol. The van der Waals surface area contributed by atoms with E-state index in [1.165, 1.54) is 5.56 Å². The number of nitrogens with one attached hydrogen (secondary N) is 2. The lowest BCUT2D eigenvalue weighted by molar-refractivity contribution is -0.118. The van der Waals surface area contributed by atoms with Crippen LogP contribution in [0.3, 0.4) is 0 Å². The van der Waals surface area contributed by atoms with Crippen molar-refractivity contribution in [1.82, 2.24) is 5.32 Å². The molecule has 3 rings (SSSR count). The highest BCUT2D eigenvalue weighted by Crippen LogP contribution is 2.28. The van der Waals surface area contributed by atoms with Crippen LogP contribution in [0, 0.1) is 0 Å². The van der Waals surface area contributed by atoms with Crippen LogP contribution in [-0.4, -0.2) is 12.5 Å². The van der Waals surface area contributed by atoms with Gasteiger partial charge in [-0.1, -0.05) is 40.2 Å². The fourth-order valence-corrected chi connectivity index (χ4v) is 2.65. The van der Waals surface area contributed by atoms with E-state index in [-0.39, 0.29) is 12.5 Å². The van der Waals surface area contributed by atoms with Gasteiger partial charge in [0.15, 0.2) is 6.61 Å². The van der Waals surface area contributed by atoms with Gasteiger partial charge in [-0.15, -0.1) is 0 Å². The molecule has 0 saturated carbocycles. The normalized spacial score (nSPS) is 13.3. The number of hydrogen-bond donors (Lipinski definition) is 2. The summed E-state index contributed by atoms with van der Waals surface area (Å²) in [5, 5.41) is 6.21. The van der Waals surface area contributed by atoms with Gasteiger partial charge in [-0.25, -0.2) is 0 Å². The summed E-state index contributed by atoms with van der Waals surface area (Å²) in [6.45, 7) is 1.60. The fourth-order valence-electron chi connectivity index (χ4n) is 2.22. The molecule has 0 spiro atoms. The molecule has 0 unspecified atom stereocenters. The van der Waals surface area contributed by atoms with Gasteiger partial charge >= 0.3 is 0 Å². The van der Waals surface area contributed by atoms with Crippen molar-refractivity contribution in [3.8, 4) is 5.75 Å². The van der Waals surface area contributed by atoms with Gasteiger partial charge in [-0.2, -0.15) is 0 Å². The van der Waals surface area contributed by atoms with E-state index in [4.69, 9.17) is 4.74 Å². The third kappa shape index (κ3) is 3.43. The summed E-state index contributed by atoms with van der Waals surface area (Å²) in [6, 6.07) is 14.0. The number of rotatable bonds is 4. The molecule has 0 saturated heterocycles. The second-order valence-electron chi connectivity index (χ2n) is 4.86. The predicted molar refractivity (Wildman–Crippen MR) is 85.3 cm³/mol. The van der Waals surface area contributed by atoms with E-state index in [1.807, 2.05) is 36.4 Å². The summed E-state index contributed by atoms with van der Waals surface area (Å²) in [7, 11) is 0. The number of carbonyl (C=O) groups is 1. The van der Waals surface area contributed by atoms with E-state index in [9.17, 15) is 4.79 Å². The topological polar surface area (TPSA) is 50.4 Å². The van der Waals surface area contributed by atoms with Crippen LogP contribution in [-0.2, 0) is 17.9 Å². The Balaban J connectivity index is 1.62. The molecule has 1 amide bonds. The van der Waals surface area contributed by atoms with E-state index in [2.05, 4.69) is 32.6 Å². The van der Waals surface area contributed by atoms with Gasteiger partial charge in [0.05, 0.1) is 5.69 Å². The predicted octanol–water partition coefficient (Wildman–Crippen LogP) is 3.07.